The van der Waals surface area contributed by atoms with Gasteiger partial charge in [0.25, 0.3) is 5.91 Å². The molecule has 0 saturated carbocycles. The van der Waals surface area contributed by atoms with Crippen LogP contribution in [0.25, 0.3) is 0 Å². The first-order valence-electron chi connectivity index (χ1n) is 6.30. The summed E-state index contributed by atoms with van der Waals surface area (Å²) in [6.07, 6.45) is 0.973. The highest BCUT2D eigenvalue weighted by molar-refractivity contribution is 5.97. The fraction of sp³-hybridized carbons (Fsp3) is 0.429. The predicted octanol–water partition coefficient (Wildman–Crippen LogP) is 1.33. The van der Waals surface area contributed by atoms with Crippen LogP contribution in [0.5, 0.6) is 0 Å². The minimum Gasteiger partial charge on any atom is -0.379 e. The van der Waals surface area contributed by atoms with Crippen LogP contribution in [-0.4, -0.2) is 31.1 Å². The van der Waals surface area contributed by atoms with Gasteiger partial charge in [-0.25, -0.2) is 0 Å². The monoisotopic (exact) mass is 264 g/mol. The second kappa shape index (κ2) is 7.53. The number of hydrogen-bond donors (Lipinski definition) is 2. The summed E-state index contributed by atoms with van der Waals surface area (Å²) in [7, 11) is 0. The molecule has 104 valence electrons. The summed E-state index contributed by atoms with van der Waals surface area (Å²) in [6, 6.07) is 6.25. The Bertz CT molecular complexity index is 427. The first kappa shape index (κ1) is 15.2. The Balaban J connectivity index is 2.35. The Morgan fingerprint density at radius 1 is 1.21 bits per heavy atom. The van der Waals surface area contributed by atoms with Crippen LogP contribution in [0.1, 0.15) is 41.0 Å². The topological polar surface area (TPSA) is 81.4 Å². The van der Waals surface area contributed by atoms with Crippen LogP contribution in [0.15, 0.2) is 24.3 Å². The molecule has 0 aromatic heterocycles. The van der Waals surface area contributed by atoms with Gasteiger partial charge in [-0.05, 0) is 44.5 Å². The summed E-state index contributed by atoms with van der Waals surface area (Å²) in [4.78, 5) is 22.6. The van der Waals surface area contributed by atoms with Crippen molar-refractivity contribution >= 4 is 11.8 Å². The Hall–Kier alpha value is -1.88. The minimum absolute atomic E-state index is 0.166. The van der Waals surface area contributed by atoms with E-state index < -0.39 is 5.91 Å². The van der Waals surface area contributed by atoms with Crippen LogP contribution in [0.2, 0.25) is 0 Å². The van der Waals surface area contributed by atoms with Crippen molar-refractivity contribution in [2.45, 2.75) is 26.4 Å². The van der Waals surface area contributed by atoms with Gasteiger partial charge in [0, 0.05) is 24.3 Å². The molecule has 5 heteroatoms. The summed E-state index contributed by atoms with van der Waals surface area (Å²) < 4.78 is 5.37. The molecule has 0 fully saturated rings. The molecule has 3 N–H and O–H groups in total. The highest BCUT2D eigenvalue weighted by Crippen LogP contribution is 2.03. The third-order valence-corrected chi connectivity index (χ3v) is 2.49. The van der Waals surface area contributed by atoms with E-state index in [1.54, 1.807) is 24.3 Å². The van der Waals surface area contributed by atoms with E-state index in [1.165, 1.54) is 0 Å². The third-order valence-electron chi connectivity index (χ3n) is 2.49. The van der Waals surface area contributed by atoms with E-state index in [1.807, 2.05) is 13.8 Å². The molecular weight excluding hydrogens is 244 g/mol. The molecule has 1 rings (SSSR count). The SMILES string of the molecule is CC(C)OCCCNC(=O)c1ccc(C(N)=O)cc1. The number of amides is 2. The van der Waals surface area contributed by atoms with Crippen molar-refractivity contribution in [3.05, 3.63) is 35.4 Å². The number of hydrogen-bond acceptors (Lipinski definition) is 3. The van der Waals surface area contributed by atoms with Crippen molar-refractivity contribution in [2.24, 2.45) is 5.73 Å². The molecule has 0 heterocycles. The standard InChI is InChI=1S/C14H20N2O3/c1-10(2)19-9-3-8-16-14(18)12-6-4-11(5-7-12)13(15)17/h4-7,10H,3,8-9H2,1-2H3,(H2,15,17)(H,16,18). The van der Waals surface area contributed by atoms with Crippen LogP contribution in [-0.2, 0) is 4.74 Å². The van der Waals surface area contributed by atoms with Gasteiger partial charge in [0.05, 0.1) is 6.10 Å². The molecule has 19 heavy (non-hydrogen) atoms. The zero-order valence-corrected chi connectivity index (χ0v) is 11.3. The van der Waals surface area contributed by atoms with Gasteiger partial charge in [-0.2, -0.15) is 0 Å². The van der Waals surface area contributed by atoms with Gasteiger partial charge in [-0.1, -0.05) is 0 Å². The molecule has 1 aromatic rings. The molecule has 0 unspecified atom stereocenters. The van der Waals surface area contributed by atoms with Crippen molar-refractivity contribution in [3.63, 3.8) is 0 Å². The van der Waals surface area contributed by atoms with Gasteiger partial charge < -0.3 is 15.8 Å². The van der Waals surface area contributed by atoms with E-state index in [0.717, 1.165) is 6.42 Å². The lowest BCUT2D eigenvalue weighted by atomic mass is 10.1. The lowest BCUT2D eigenvalue weighted by Gasteiger charge is -2.08. The molecular formula is C14H20N2O3. The van der Waals surface area contributed by atoms with Crippen LogP contribution in [0.3, 0.4) is 0 Å². The number of rotatable bonds is 7. The molecule has 0 aliphatic heterocycles. The van der Waals surface area contributed by atoms with Gasteiger partial charge in [0.1, 0.15) is 0 Å². The average molecular weight is 264 g/mol. The largest absolute Gasteiger partial charge is 0.379 e. The molecule has 0 spiro atoms. The molecule has 0 aliphatic rings. The van der Waals surface area contributed by atoms with Crippen molar-refractivity contribution in [1.29, 1.82) is 0 Å². The lowest BCUT2D eigenvalue weighted by molar-refractivity contribution is 0.0757. The normalized spacial score (nSPS) is 10.5. The van der Waals surface area contributed by atoms with Crippen LogP contribution in [0.4, 0.5) is 0 Å². The van der Waals surface area contributed by atoms with Gasteiger partial charge in [-0.3, -0.25) is 9.59 Å². The summed E-state index contributed by atoms with van der Waals surface area (Å²) in [6.45, 7) is 5.12. The maximum atomic E-state index is 11.8. The van der Waals surface area contributed by atoms with Gasteiger partial charge in [-0.15, -0.1) is 0 Å². The van der Waals surface area contributed by atoms with Crippen molar-refractivity contribution in [3.8, 4) is 0 Å². The van der Waals surface area contributed by atoms with Crippen LogP contribution >= 0.6 is 0 Å². The second-order valence-electron chi connectivity index (χ2n) is 4.47. The fourth-order valence-corrected chi connectivity index (χ4v) is 1.48. The Morgan fingerprint density at radius 3 is 2.32 bits per heavy atom. The first-order chi connectivity index (χ1) is 9.00. The van der Waals surface area contributed by atoms with Crippen LogP contribution < -0.4 is 11.1 Å². The summed E-state index contributed by atoms with van der Waals surface area (Å²) >= 11 is 0. The molecule has 0 bridgehead atoms. The van der Waals surface area contributed by atoms with Crippen LogP contribution in [0, 0.1) is 0 Å². The van der Waals surface area contributed by atoms with E-state index in [0.29, 0.717) is 24.3 Å². The zero-order valence-electron chi connectivity index (χ0n) is 11.3. The molecule has 5 nitrogen and oxygen atoms in total. The predicted molar refractivity (Wildman–Crippen MR) is 73.0 cm³/mol. The zero-order chi connectivity index (χ0) is 14.3. The summed E-state index contributed by atoms with van der Waals surface area (Å²) in [5, 5.41) is 2.79. The molecule has 0 saturated heterocycles. The smallest absolute Gasteiger partial charge is 0.251 e. The number of nitrogens with two attached hydrogens (primary N) is 1. The minimum atomic E-state index is -0.502. The van der Waals surface area contributed by atoms with Crippen molar-refractivity contribution in [1.82, 2.24) is 5.32 Å². The summed E-state index contributed by atoms with van der Waals surface area (Å²) in [5.41, 5.74) is 6.02. The van der Waals surface area contributed by atoms with E-state index >= 15 is 0 Å². The number of benzene rings is 1. The highest BCUT2D eigenvalue weighted by Gasteiger charge is 2.06. The number of primary amides is 1. The van der Waals surface area contributed by atoms with E-state index in [-0.39, 0.29) is 12.0 Å². The highest BCUT2D eigenvalue weighted by atomic mass is 16.5. The average Bonchev–Trinajstić information content (AvgIpc) is 2.37. The quantitative estimate of drug-likeness (QED) is 0.729. The molecule has 2 amide bonds. The van der Waals surface area contributed by atoms with Gasteiger partial charge >= 0.3 is 0 Å². The number of nitrogens with one attached hydrogen (secondary N) is 1. The number of carbonyl (C=O) groups excluding carboxylic acids is 2. The fourth-order valence-electron chi connectivity index (χ4n) is 1.48. The lowest BCUT2D eigenvalue weighted by Crippen LogP contribution is -2.25. The first-order valence-corrected chi connectivity index (χ1v) is 6.30. The second-order valence-corrected chi connectivity index (χ2v) is 4.47. The maximum Gasteiger partial charge on any atom is 0.251 e. The van der Waals surface area contributed by atoms with Gasteiger partial charge in [0.2, 0.25) is 5.91 Å². The Labute approximate surface area is 113 Å². The number of carbonyl (C=O) groups is 2. The van der Waals surface area contributed by atoms with Crippen molar-refractivity contribution < 1.29 is 14.3 Å². The molecule has 1 aromatic carbocycles. The van der Waals surface area contributed by atoms with E-state index in [4.69, 9.17) is 10.5 Å². The number of ether oxygens (including phenoxy) is 1. The maximum absolute atomic E-state index is 11.8. The third kappa shape index (κ3) is 5.52. The summed E-state index contributed by atoms with van der Waals surface area (Å²) in [5.74, 6) is -0.668. The van der Waals surface area contributed by atoms with Crippen molar-refractivity contribution in [2.75, 3.05) is 13.2 Å². The van der Waals surface area contributed by atoms with E-state index in [9.17, 15) is 9.59 Å². The van der Waals surface area contributed by atoms with Gasteiger partial charge in [0.15, 0.2) is 0 Å². The Kier molecular flexibility index (Phi) is 6.02. The molecule has 0 aliphatic carbocycles. The molecule has 0 radical (unpaired) electrons. The Morgan fingerprint density at radius 2 is 1.79 bits per heavy atom. The molecule has 0 atom stereocenters. The van der Waals surface area contributed by atoms with E-state index in [2.05, 4.69) is 5.32 Å².